The predicted octanol–water partition coefficient (Wildman–Crippen LogP) is 2.70. The summed E-state index contributed by atoms with van der Waals surface area (Å²) in [6, 6.07) is 9.01. The van der Waals surface area contributed by atoms with Crippen LogP contribution < -0.4 is 5.73 Å². The van der Waals surface area contributed by atoms with E-state index < -0.39 is 75.8 Å². The summed E-state index contributed by atoms with van der Waals surface area (Å²) in [4.78, 5) is 38.2. The molecule has 0 spiro atoms. The van der Waals surface area contributed by atoms with Gasteiger partial charge in [0.2, 0.25) is 5.78 Å². The molecule has 1 amide bonds. The second-order valence-corrected chi connectivity index (χ2v) is 9.94. The number of phenolic OH excluding ortho intramolecular Hbond substituents is 1. The lowest BCUT2D eigenvalue weighted by Gasteiger charge is -2.49. The number of carbonyl (C=O) groups excluding carboxylic acids is 3. The first kappa shape index (κ1) is 25.0. The van der Waals surface area contributed by atoms with Crippen molar-refractivity contribution >= 4 is 58.1 Å². The Morgan fingerprint density at radius 3 is 2.43 bits per heavy atom. The first-order valence-electron chi connectivity index (χ1n) is 11.0. The van der Waals surface area contributed by atoms with Gasteiger partial charge in [0.15, 0.2) is 11.4 Å². The lowest BCUT2D eigenvalue weighted by Crippen LogP contribution is -2.63. The first-order valence-corrected chi connectivity index (χ1v) is 11.8. The number of aromatic hydroxyl groups is 1. The van der Waals surface area contributed by atoms with Crippen molar-refractivity contribution in [3.05, 3.63) is 80.0 Å². The van der Waals surface area contributed by atoms with Crippen LogP contribution in [-0.2, 0) is 14.4 Å². The van der Waals surface area contributed by atoms with E-state index in [2.05, 4.69) is 0 Å². The maximum Gasteiger partial charge on any atom is 0.255 e. The van der Waals surface area contributed by atoms with Crippen LogP contribution in [0.1, 0.15) is 23.1 Å². The van der Waals surface area contributed by atoms with E-state index in [1.54, 1.807) is 18.2 Å². The summed E-state index contributed by atoms with van der Waals surface area (Å²) in [7, 11) is 0. The summed E-state index contributed by atoms with van der Waals surface area (Å²) in [5.74, 6) is -8.84. The van der Waals surface area contributed by atoms with E-state index in [0.717, 1.165) is 0 Å². The van der Waals surface area contributed by atoms with Crippen LogP contribution in [0.25, 0.3) is 17.4 Å². The van der Waals surface area contributed by atoms with Gasteiger partial charge in [-0.3, -0.25) is 14.4 Å². The Kier molecular flexibility index (Phi) is 5.72. The van der Waals surface area contributed by atoms with Gasteiger partial charge in [-0.2, -0.15) is 0 Å². The minimum Gasteiger partial charge on any atom is -0.508 e. The minimum atomic E-state index is -2.92. The van der Waals surface area contributed by atoms with Crippen molar-refractivity contribution in [3.8, 4) is 5.75 Å². The largest absolute Gasteiger partial charge is 0.508 e. The third kappa shape index (κ3) is 3.42. The molecule has 0 bridgehead atoms. The fourth-order valence-electron chi connectivity index (χ4n) is 5.47. The second kappa shape index (κ2) is 8.46. The van der Waals surface area contributed by atoms with Gasteiger partial charge in [0.1, 0.15) is 22.8 Å². The van der Waals surface area contributed by atoms with Gasteiger partial charge >= 0.3 is 0 Å². The normalized spacial score (nSPS) is 28.2. The molecule has 9 nitrogen and oxygen atoms in total. The van der Waals surface area contributed by atoms with Gasteiger partial charge in [0.05, 0.1) is 27.3 Å². The third-order valence-electron chi connectivity index (χ3n) is 7.17. The Morgan fingerprint density at radius 1 is 1.08 bits per heavy atom. The Labute approximate surface area is 219 Å². The summed E-state index contributed by atoms with van der Waals surface area (Å²) in [5.41, 5.74) is 1.69. The molecule has 0 saturated heterocycles. The van der Waals surface area contributed by atoms with Crippen LogP contribution in [0.3, 0.4) is 0 Å². The van der Waals surface area contributed by atoms with E-state index in [1.165, 1.54) is 24.3 Å². The van der Waals surface area contributed by atoms with Gasteiger partial charge < -0.3 is 31.3 Å². The highest BCUT2D eigenvalue weighted by Crippen LogP contribution is 2.55. The van der Waals surface area contributed by atoms with Crippen molar-refractivity contribution in [2.24, 2.45) is 17.6 Å². The van der Waals surface area contributed by atoms with Crippen LogP contribution in [0.15, 0.2) is 53.3 Å². The molecule has 3 aliphatic carbocycles. The number of hydrogen-bond donors (Lipinski definition) is 6. The maximum atomic E-state index is 13.8. The quantitative estimate of drug-likeness (QED) is 0.313. The van der Waals surface area contributed by atoms with Crippen molar-refractivity contribution in [2.75, 3.05) is 0 Å². The zero-order valence-corrected chi connectivity index (χ0v) is 20.3. The molecule has 2 aromatic rings. The number of Topliss-reactive ketones (excluding diaryl/α,β-unsaturated/α-hetero) is 2. The van der Waals surface area contributed by atoms with Crippen molar-refractivity contribution in [2.45, 2.75) is 18.1 Å². The summed E-state index contributed by atoms with van der Waals surface area (Å²) in [5, 5.41) is 55.9. The van der Waals surface area contributed by atoms with Gasteiger partial charge in [-0.05, 0) is 34.9 Å². The Morgan fingerprint density at radius 2 is 1.78 bits per heavy atom. The zero-order chi connectivity index (χ0) is 27.0. The van der Waals surface area contributed by atoms with Crippen molar-refractivity contribution < 1.29 is 39.9 Å². The summed E-state index contributed by atoms with van der Waals surface area (Å²) in [6.07, 6.45) is -0.818. The molecule has 4 atom stereocenters. The Hall–Kier alpha value is -3.63. The molecule has 1 fully saturated rings. The van der Waals surface area contributed by atoms with E-state index in [9.17, 15) is 39.9 Å². The smallest absolute Gasteiger partial charge is 0.255 e. The van der Waals surface area contributed by atoms with E-state index in [-0.39, 0.29) is 26.7 Å². The van der Waals surface area contributed by atoms with Crippen LogP contribution in [0.5, 0.6) is 5.75 Å². The topological polar surface area (TPSA) is 178 Å². The van der Waals surface area contributed by atoms with Crippen molar-refractivity contribution in [1.82, 2.24) is 0 Å². The van der Waals surface area contributed by atoms with Crippen LogP contribution in [0.2, 0.25) is 10.0 Å². The number of fused-ring (bicyclic) bond motifs is 3. The van der Waals surface area contributed by atoms with Gasteiger partial charge in [-0.1, -0.05) is 47.5 Å². The Balaban J connectivity index is 1.82. The highest BCUT2D eigenvalue weighted by atomic mass is 35.5. The van der Waals surface area contributed by atoms with Crippen LogP contribution in [-0.4, -0.2) is 54.7 Å². The molecule has 3 aliphatic rings. The van der Waals surface area contributed by atoms with E-state index in [0.29, 0.717) is 5.56 Å². The summed E-state index contributed by atoms with van der Waals surface area (Å²) >= 11 is 12.2. The molecule has 190 valence electrons. The molecule has 5 rings (SSSR count). The number of amides is 1. The first-order chi connectivity index (χ1) is 17.4. The number of nitrogens with two attached hydrogens (primary N) is 1. The SMILES string of the molecule is NC(=O)C1=C(O)C2(O)C(=O)C3=C(O)c4c(O)cccc4/C(=C\c4ccc(Cl)c(Cl)c4)C3C(O)C2CC1=O. The second-order valence-electron chi connectivity index (χ2n) is 9.12. The van der Waals surface area contributed by atoms with Crippen molar-refractivity contribution in [3.63, 3.8) is 0 Å². The molecule has 0 aliphatic heterocycles. The van der Waals surface area contributed by atoms with E-state index in [1.807, 2.05) is 0 Å². The molecule has 0 radical (unpaired) electrons. The molecular weight excluding hydrogens is 525 g/mol. The van der Waals surface area contributed by atoms with Crippen LogP contribution in [0, 0.1) is 11.8 Å². The van der Waals surface area contributed by atoms with Crippen LogP contribution >= 0.6 is 23.2 Å². The highest BCUT2D eigenvalue weighted by molar-refractivity contribution is 6.42. The minimum absolute atomic E-state index is 0.145. The van der Waals surface area contributed by atoms with Crippen LogP contribution in [0.4, 0.5) is 0 Å². The number of aliphatic hydroxyl groups excluding tert-OH is 3. The number of phenols is 1. The summed E-state index contributed by atoms with van der Waals surface area (Å²) in [6.45, 7) is 0. The number of hydrogen-bond acceptors (Lipinski definition) is 8. The number of halogens is 2. The van der Waals surface area contributed by atoms with Gasteiger partial charge in [0.25, 0.3) is 5.91 Å². The monoisotopic (exact) mass is 543 g/mol. The standard InChI is InChI=1S/C26H19Cl2NO8/c27-13-5-4-9(7-14(13)28)6-11-10-2-1-3-15(30)17(10)22(33)20-18(11)21(32)12-8-16(31)19(25(29)36)23(34)26(12,37)24(20)35/h1-7,12,18,21,30,32-34,37H,8H2,(H2,29,36)/b11-6+. The average Bonchev–Trinajstić information content (AvgIpc) is 2.83. The van der Waals surface area contributed by atoms with Crippen molar-refractivity contribution in [1.29, 1.82) is 0 Å². The molecule has 2 aromatic carbocycles. The van der Waals surface area contributed by atoms with Gasteiger partial charge in [-0.15, -0.1) is 0 Å². The fraction of sp³-hybridized carbons (Fsp3) is 0.192. The summed E-state index contributed by atoms with van der Waals surface area (Å²) < 4.78 is 0. The number of benzene rings is 2. The molecule has 4 unspecified atom stereocenters. The molecule has 0 aromatic heterocycles. The number of primary amides is 1. The molecule has 11 heteroatoms. The maximum absolute atomic E-state index is 13.8. The van der Waals surface area contributed by atoms with E-state index in [4.69, 9.17) is 28.9 Å². The number of aliphatic hydroxyl groups is 4. The molecule has 1 saturated carbocycles. The number of carbonyl (C=O) groups is 3. The lowest BCUT2D eigenvalue weighted by molar-refractivity contribution is -0.157. The fourth-order valence-corrected chi connectivity index (χ4v) is 5.78. The number of ketones is 2. The third-order valence-corrected chi connectivity index (χ3v) is 7.91. The Bertz CT molecular complexity index is 1520. The highest BCUT2D eigenvalue weighted by Gasteiger charge is 2.64. The predicted molar refractivity (Wildman–Crippen MR) is 133 cm³/mol. The van der Waals surface area contributed by atoms with E-state index >= 15 is 0 Å². The van der Waals surface area contributed by atoms with Gasteiger partial charge in [-0.25, -0.2) is 0 Å². The molecule has 7 N–H and O–H groups in total. The number of rotatable bonds is 2. The molecule has 0 heterocycles. The lowest BCUT2D eigenvalue weighted by atomic mass is 9.56. The van der Waals surface area contributed by atoms with Gasteiger partial charge in [0, 0.05) is 18.3 Å². The molecule has 37 heavy (non-hydrogen) atoms. The molecular formula is C26H19Cl2NO8. The zero-order valence-electron chi connectivity index (χ0n) is 18.8. The average molecular weight is 544 g/mol.